The lowest BCUT2D eigenvalue weighted by Gasteiger charge is -2.15. The fourth-order valence-corrected chi connectivity index (χ4v) is 2.17. The molecule has 1 unspecified atom stereocenters. The lowest BCUT2D eigenvalue weighted by atomic mass is 10.1. The number of nitrogens with one attached hydrogen (secondary N) is 1. The van der Waals surface area contributed by atoms with Gasteiger partial charge in [0.05, 0.1) is 4.92 Å². The lowest BCUT2D eigenvalue weighted by Crippen LogP contribution is -2.42. The number of aliphatic carboxylic acids is 1. The Hall–Kier alpha value is -3.49. The topological polar surface area (TPSA) is 119 Å². The number of halogens is 1. The molecule has 0 bridgehead atoms. The van der Waals surface area contributed by atoms with E-state index in [1.54, 1.807) is 30.3 Å². The highest BCUT2D eigenvalue weighted by atomic mass is 19.1. The molecule has 2 aromatic rings. The first-order valence-electron chi connectivity index (χ1n) is 7.49. The maximum atomic E-state index is 13.6. The number of hydrogen-bond donors (Lipinski definition) is 2. The van der Waals surface area contributed by atoms with E-state index in [9.17, 15) is 29.2 Å². The molecule has 0 radical (unpaired) electrons. The normalized spacial score (nSPS) is 11.4. The van der Waals surface area contributed by atoms with Gasteiger partial charge in [-0.3, -0.25) is 10.1 Å². The van der Waals surface area contributed by atoms with Crippen molar-refractivity contribution >= 4 is 17.7 Å². The molecule has 0 saturated carbocycles. The summed E-state index contributed by atoms with van der Waals surface area (Å²) in [5, 5.41) is 22.0. The van der Waals surface area contributed by atoms with Crippen molar-refractivity contribution in [1.29, 1.82) is 0 Å². The van der Waals surface area contributed by atoms with Gasteiger partial charge in [-0.25, -0.2) is 9.59 Å². The second kappa shape index (κ2) is 8.56. The van der Waals surface area contributed by atoms with Gasteiger partial charge in [0, 0.05) is 12.5 Å². The van der Waals surface area contributed by atoms with Crippen LogP contribution in [0.5, 0.6) is 0 Å². The van der Waals surface area contributed by atoms with Crippen molar-refractivity contribution in [2.45, 2.75) is 19.1 Å². The molecule has 0 aromatic heterocycles. The second-order valence-corrected chi connectivity index (χ2v) is 5.34. The van der Waals surface area contributed by atoms with Crippen LogP contribution in [0.15, 0.2) is 48.5 Å². The van der Waals surface area contributed by atoms with Gasteiger partial charge in [0.25, 0.3) is 0 Å². The number of alkyl carbamates (subject to hydrolysis) is 1. The molecule has 0 aliphatic rings. The molecule has 9 heteroatoms. The molecular weight excluding hydrogens is 347 g/mol. The third-order valence-electron chi connectivity index (χ3n) is 3.45. The summed E-state index contributed by atoms with van der Waals surface area (Å²) in [5.74, 6) is -2.43. The minimum absolute atomic E-state index is 0.0365. The van der Waals surface area contributed by atoms with Crippen LogP contribution in [0, 0.1) is 15.9 Å². The van der Waals surface area contributed by atoms with Gasteiger partial charge < -0.3 is 15.2 Å². The molecule has 0 aliphatic heterocycles. The molecule has 0 heterocycles. The third kappa shape index (κ3) is 5.26. The Morgan fingerprint density at radius 1 is 1.19 bits per heavy atom. The van der Waals surface area contributed by atoms with Gasteiger partial charge in [0.15, 0.2) is 0 Å². The summed E-state index contributed by atoms with van der Waals surface area (Å²) in [6, 6.07) is 10.5. The quantitative estimate of drug-likeness (QED) is 0.577. The zero-order valence-corrected chi connectivity index (χ0v) is 13.4. The molecule has 2 N–H and O–H groups in total. The molecule has 0 saturated heterocycles. The predicted octanol–water partition coefficient (Wildman–Crippen LogP) is 2.66. The van der Waals surface area contributed by atoms with E-state index in [4.69, 9.17) is 4.74 Å². The SMILES string of the molecule is O=C(NC(Cc1ccc([N+](=O)[O-])c(F)c1)C(=O)O)OCc1ccccc1. The van der Waals surface area contributed by atoms with Gasteiger partial charge in [0.1, 0.15) is 12.6 Å². The first kappa shape index (κ1) is 18.8. The number of amides is 1. The number of carboxylic acids is 1. The number of hydrogen-bond acceptors (Lipinski definition) is 5. The van der Waals surface area contributed by atoms with E-state index in [0.717, 1.165) is 17.7 Å². The maximum Gasteiger partial charge on any atom is 0.408 e. The summed E-state index contributed by atoms with van der Waals surface area (Å²) in [4.78, 5) is 32.8. The molecule has 26 heavy (non-hydrogen) atoms. The molecule has 136 valence electrons. The molecule has 1 amide bonds. The van der Waals surface area contributed by atoms with Crippen molar-refractivity contribution in [2.75, 3.05) is 0 Å². The second-order valence-electron chi connectivity index (χ2n) is 5.34. The standard InChI is InChI=1S/C17H15FN2O6/c18-13-8-12(6-7-15(13)20(24)25)9-14(16(21)22)19-17(23)26-10-11-4-2-1-3-5-11/h1-8,14H,9-10H2,(H,19,23)(H,21,22). The molecule has 1 atom stereocenters. The highest BCUT2D eigenvalue weighted by molar-refractivity contribution is 5.80. The lowest BCUT2D eigenvalue weighted by molar-refractivity contribution is -0.387. The van der Waals surface area contributed by atoms with Crippen molar-refractivity contribution in [3.63, 3.8) is 0 Å². The molecule has 0 fully saturated rings. The molecular formula is C17H15FN2O6. The monoisotopic (exact) mass is 362 g/mol. The zero-order chi connectivity index (χ0) is 19.1. The highest BCUT2D eigenvalue weighted by Gasteiger charge is 2.23. The Bertz CT molecular complexity index is 812. The number of benzene rings is 2. The van der Waals surface area contributed by atoms with E-state index in [1.807, 2.05) is 0 Å². The van der Waals surface area contributed by atoms with E-state index in [0.29, 0.717) is 0 Å². The predicted molar refractivity (Wildman–Crippen MR) is 87.9 cm³/mol. The average Bonchev–Trinajstić information content (AvgIpc) is 2.60. The van der Waals surface area contributed by atoms with Crippen LogP contribution in [0.4, 0.5) is 14.9 Å². The number of carboxylic acid groups (broad SMARTS) is 1. The summed E-state index contributed by atoms with van der Waals surface area (Å²) < 4.78 is 18.6. The molecule has 0 aliphatic carbocycles. The number of carbonyl (C=O) groups excluding carboxylic acids is 1. The molecule has 8 nitrogen and oxygen atoms in total. The van der Waals surface area contributed by atoms with Crippen LogP contribution in [0.1, 0.15) is 11.1 Å². The molecule has 2 rings (SSSR count). The van der Waals surface area contributed by atoms with Crippen molar-refractivity contribution in [3.8, 4) is 0 Å². The maximum absolute atomic E-state index is 13.6. The zero-order valence-electron chi connectivity index (χ0n) is 13.4. The average molecular weight is 362 g/mol. The summed E-state index contributed by atoms with van der Waals surface area (Å²) >= 11 is 0. The number of rotatable bonds is 7. The van der Waals surface area contributed by atoms with E-state index >= 15 is 0 Å². The van der Waals surface area contributed by atoms with Gasteiger partial charge in [-0.2, -0.15) is 4.39 Å². The summed E-state index contributed by atoms with van der Waals surface area (Å²) in [7, 11) is 0. The van der Waals surface area contributed by atoms with Gasteiger partial charge in [-0.15, -0.1) is 0 Å². The van der Waals surface area contributed by atoms with Crippen LogP contribution in [-0.4, -0.2) is 28.1 Å². The summed E-state index contributed by atoms with van der Waals surface area (Å²) in [6.45, 7) is -0.0365. The fourth-order valence-electron chi connectivity index (χ4n) is 2.17. The van der Waals surface area contributed by atoms with Gasteiger partial charge >= 0.3 is 17.7 Å². The Kier molecular flexibility index (Phi) is 6.20. The Morgan fingerprint density at radius 2 is 1.88 bits per heavy atom. The molecule has 0 spiro atoms. The number of nitrogens with zero attached hydrogens (tertiary/aromatic N) is 1. The summed E-state index contributed by atoms with van der Waals surface area (Å²) in [5.41, 5.74) is 0.201. The smallest absolute Gasteiger partial charge is 0.408 e. The number of ether oxygens (including phenoxy) is 1. The number of carbonyl (C=O) groups is 2. The Morgan fingerprint density at radius 3 is 2.46 bits per heavy atom. The summed E-state index contributed by atoms with van der Waals surface area (Å²) in [6.07, 6.45) is -1.20. The first-order valence-corrected chi connectivity index (χ1v) is 7.49. The first-order chi connectivity index (χ1) is 12.4. The van der Waals surface area contributed by atoms with E-state index in [2.05, 4.69) is 5.32 Å². The fraction of sp³-hybridized carbons (Fsp3) is 0.176. The third-order valence-corrected chi connectivity index (χ3v) is 3.45. The van der Waals surface area contributed by atoms with Crippen molar-refractivity contribution in [1.82, 2.24) is 5.32 Å². The number of nitro benzene ring substituents is 1. The van der Waals surface area contributed by atoms with E-state index in [-0.39, 0.29) is 18.6 Å². The van der Waals surface area contributed by atoms with Crippen LogP contribution >= 0.6 is 0 Å². The van der Waals surface area contributed by atoms with E-state index < -0.39 is 34.5 Å². The molecule has 2 aromatic carbocycles. The highest BCUT2D eigenvalue weighted by Crippen LogP contribution is 2.19. The van der Waals surface area contributed by atoms with Gasteiger partial charge in [-0.05, 0) is 17.2 Å². The Labute approximate surface area is 147 Å². The Balaban J connectivity index is 1.98. The van der Waals surface area contributed by atoms with Crippen LogP contribution in [-0.2, 0) is 22.6 Å². The van der Waals surface area contributed by atoms with E-state index in [1.165, 1.54) is 6.07 Å². The van der Waals surface area contributed by atoms with Crippen molar-refractivity contribution < 1.29 is 28.7 Å². The van der Waals surface area contributed by atoms with Crippen LogP contribution in [0.25, 0.3) is 0 Å². The van der Waals surface area contributed by atoms with Gasteiger partial charge in [-0.1, -0.05) is 36.4 Å². The van der Waals surface area contributed by atoms with Crippen LogP contribution in [0.2, 0.25) is 0 Å². The van der Waals surface area contributed by atoms with Crippen molar-refractivity contribution in [2.24, 2.45) is 0 Å². The van der Waals surface area contributed by atoms with Gasteiger partial charge in [0.2, 0.25) is 5.82 Å². The minimum atomic E-state index is -1.38. The van der Waals surface area contributed by atoms with Crippen LogP contribution in [0.3, 0.4) is 0 Å². The largest absolute Gasteiger partial charge is 0.480 e. The van der Waals surface area contributed by atoms with Crippen LogP contribution < -0.4 is 5.32 Å². The minimum Gasteiger partial charge on any atom is -0.480 e. The van der Waals surface area contributed by atoms with Crippen molar-refractivity contribution in [3.05, 3.63) is 75.6 Å². The number of nitro groups is 1.